The lowest BCUT2D eigenvalue weighted by molar-refractivity contribution is 0.254. The molecule has 6 aliphatic heterocycles. The second-order valence-electron chi connectivity index (χ2n) is 9.73. The van der Waals surface area contributed by atoms with Crippen LogP contribution in [0.4, 0.5) is 0 Å². The Morgan fingerprint density at radius 3 is 1.06 bits per heavy atom. The van der Waals surface area contributed by atoms with Gasteiger partial charge >= 0.3 is 0 Å². The van der Waals surface area contributed by atoms with E-state index in [0.29, 0.717) is 0 Å². The van der Waals surface area contributed by atoms with Crippen molar-refractivity contribution in [1.29, 1.82) is 0 Å². The van der Waals surface area contributed by atoms with Gasteiger partial charge in [-0.05, 0) is 43.8 Å². The van der Waals surface area contributed by atoms with Crippen molar-refractivity contribution in [2.75, 3.05) is 13.3 Å². The molecule has 10 rings (SSSR count). The van der Waals surface area contributed by atoms with E-state index in [1.54, 1.807) is 0 Å². The van der Waals surface area contributed by atoms with Crippen LogP contribution in [0.5, 0.6) is 0 Å². The van der Waals surface area contributed by atoms with E-state index in [9.17, 15) is 0 Å². The summed E-state index contributed by atoms with van der Waals surface area (Å²) in [5, 5.41) is 5.50. The molecule has 4 aromatic rings. The molecular weight excluding hydrogens is 416 g/mol. The molecule has 0 fully saturated rings. The van der Waals surface area contributed by atoms with Gasteiger partial charge in [-0.2, -0.15) is 0 Å². The van der Waals surface area contributed by atoms with Gasteiger partial charge in [0.2, 0.25) is 0 Å². The van der Waals surface area contributed by atoms with Crippen LogP contribution in [0.2, 0.25) is 0 Å². The van der Waals surface area contributed by atoms with Crippen molar-refractivity contribution in [3.8, 4) is 0 Å². The maximum atomic E-state index is 2.44. The number of hydrogen-bond acceptors (Lipinski definition) is 4. The van der Waals surface area contributed by atoms with E-state index < -0.39 is 0 Å². The summed E-state index contributed by atoms with van der Waals surface area (Å²) in [5.41, 5.74) is 5.56. The molecule has 34 heavy (non-hydrogen) atoms. The van der Waals surface area contributed by atoms with E-state index in [2.05, 4.69) is 117 Å². The summed E-state index contributed by atoms with van der Waals surface area (Å²) in [6.45, 7) is 5.51. The van der Waals surface area contributed by atoms with Gasteiger partial charge in [0.15, 0.2) is 0 Å². The van der Waals surface area contributed by atoms with E-state index in [1.165, 1.54) is 43.8 Å². The van der Waals surface area contributed by atoms with Crippen LogP contribution < -0.4 is 0 Å². The van der Waals surface area contributed by atoms with Gasteiger partial charge < -0.3 is 19.6 Å². The zero-order chi connectivity index (χ0) is 22.5. The predicted molar refractivity (Wildman–Crippen MR) is 138 cm³/mol. The molecule has 8 bridgehead atoms. The molecule has 168 valence electrons. The molecule has 0 N–H and O–H groups in total. The first-order valence-electron chi connectivity index (χ1n) is 12.1. The summed E-state index contributed by atoms with van der Waals surface area (Å²) in [4.78, 5) is 9.68. The molecule has 6 aliphatic rings. The van der Waals surface area contributed by atoms with Gasteiger partial charge in [0.1, 0.15) is 0 Å². The number of nitrogens with zero attached hydrogens (tertiary/aromatic N) is 4. The highest BCUT2D eigenvalue weighted by molar-refractivity contribution is 6.05. The fourth-order valence-electron chi connectivity index (χ4n) is 5.72. The summed E-state index contributed by atoms with van der Waals surface area (Å²) in [6, 6.07) is 27.1. The van der Waals surface area contributed by atoms with E-state index in [1.807, 2.05) is 0 Å². The lowest BCUT2D eigenvalue weighted by Gasteiger charge is -2.26. The molecule has 0 aliphatic carbocycles. The number of hydrogen-bond donors (Lipinski definition) is 0. The SMILES string of the molecule is C1=CN2Cc3c4ccccc4c(c4ccccc34)CN3C=CN(Cc4ccc(cc4)CN1C2)C3. The van der Waals surface area contributed by atoms with Crippen LogP contribution in [0.1, 0.15) is 22.3 Å². The Bertz CT molecular complexity index is 1270. The van der Waals surface area contributed by atoms with Gasteiger partial charge in [-0.1, -0.05) is 72.8 Å². The first-order valence-corrected chi connectivity index (χ1v) is 12.1. The Hall–Kier alpha value is -3.92. The third-order valence-electron chi connectivity index (χ3n) is 7.37. The first-order chi connectivity index (χ1) is 16.8. The van der Waals surface area contributed by atoms with Crippen LogP contribution >= 0.6 is 0 Å². The van der Waals surface area contributed by atoms with Crippen molar-refractivity contribution in [2.24, 2.45) is 0 Å². The summed E-state index contributed by atoms with van der Waals surface area (Å²) < 4.78 is 0. The molecule has 0 radical (unpaired) electrons. The van der Waals surface area contributed by atoms with Crippen molar-refractivity contribution in [1.82, 2.24) is 19.6 Å². The van der Waals surface area contributed by atoms with Gasteiger partial charge in [0.25, 0.3) is 0 Å². The smallest absolute Gasteiger partial charge is 0.0900 e. The minimum atomic E-state index is 0.907. The lowest BCUT2D eigenvalue weighted by Crippen LogP contribution is -2.26. The second kappa shape index (κ2) is 7.84. The Morgan fingerprint density at radius 1 is 0.382 bits per heavy atom. The summed E-state index contributed by atoms with van der Waals surface area (Å²) >= 11 is 0. The van der Waals surface area contributed by atoms with Crippen molar-refractivity contribution < 1.29 is 0 Å². The van der Waals surface area contributed by atoms with Gasteiger partial charge in [-0.25, -0.2) is 0 Å². The maximum absolute atomic E-state index is 2.44. The van der Waals surface area contributed by atoms with Crippen molar-refractivity contribution in [3.05, 3.63) is 120 Å². The van der Waals surface area contributed by atoms with E-state index in [0.717, 1.165) is 39.5 Å². The van der Waals surface area contributed by atoms with Crippen LogP contribution in [-0.4, -0.2) is 32.9 Å². The third-order valence-corrected chi connectivity index (χ3v) is 7.37. The molecule has 4 nitrogen and oxygen atoms in total. The topological polar surface area (TPSA) is 13.0 Å². The highest BCUT2D eigenvalue weighted by Crippen LogP contribution is 2.35. The van der Waals surface area contributed by atoms with Gasteiger partial charge in [0, 0.05) is 51.0 Å². The quantitative estimate of drug-likeness (QED) is 0.318. The van der Waals surface area contributed by atoms with Crippen molar-refractivity contribution in [3.63, 3.8) is 0 Å². The van der Waals surface area contributed by atoms with Crippen molar-refractivity contribution in [2.45, 2.75) is 26.2 Å². The molecular formula is C30H28N4. The van der Waals surface area contributed by atoms with Crippen LogP contribution in [0.15, 0.2) is 97.6 Å². The monoisotopic (exact) mass is 444 g/mol. The van der Waals surface area contributed by atoms with E-state index in [4.69, 9.17) is 0 Å². The molecule has 0 unspecified atom stereocenters. The van der Waals surface area contributed by atoms with E-state index >= 15 is 0 Å². The molecule has 0 amide bonds. The average molecular weight is 445 g/mol. The molecule has 0 atom stereocenters. The number of rotatable bonds is 0. The van der Waals surface area contributed by atoms with Crippen LogP contribution in [-0.2, 0) is 26.2 Å². The highest BCUT2D eigenvalue weighted by Gasteiger charge is 2.21. The third kappa shape index (κ3) is 3.38. The Labute approximate surface area is 200 Å². The first kappa shape index (κ1) is 19.5. The standard InChI is InChI=1S/C30H28N4/c1-2-6-26-25(5-1)29-19-33-15-13-31(21-33)17-23-9-11-24(12-10-23)18-32-14-16-34(22-32)20-30(26)28-8-4-3-7-27(28)29/h1-16H,17-22H2. The molecule has 4 heteroatoms. The fraction of sp³-hybridized carbons (Fsp3) is 0.200. The van der Waals surface area contributed by atoms with Crippen LogP contribution in [0, 0.1) is 0 Å². The van der Waals surface area contributed by atoms with E-state index in [-0.39, 0.29) is 0 Å². The van der Waals surface area contributed by atoms with Crippen LogP contribution in [0.25, 0.3) is 21.5 Å². The Balaban J connectivity index is 1.38. The Morgan fingerprint density at radius 2 is 0.706 bits per heavy atom. The second-order valence-corrected chi connectivity index (χ2v) is 9.73. The predicted octanol–water partition coefficient (Wildman–Crippen LogP) is 5.80. The maximum Gasteiger partial charge on any atom is 0.0900 e. The Kier molecular flexibility index (Phi) is 4.51. The average Bonchev–Trinajstić information content (AvgIpc) is 3.51. The molecule has 0 saturated carbocycles. The summed E-state index contributed by atoms with van der Waals surface area (Å²) in [5.74, 6) is 0. The normalized spacial score (nSPS) is 17.4. The zero-order valence-corrected chi connectivity index (χ0v) is 19.3. The van der Waals surface area contributed by atoms with Gasteiger partial charge in [0.05, 0.1) is 13.3 Å². The van der Waals surface area contributed by atoms with Crippen LogP contribution in [0.3, 0.4) is 0 Å². The van der Waals surface area contributed by atoms with Gasteiger partial charge in [-0.15, -0.1) is 0 Å². The summed E-state index contributed by atoms with van der Waals surface area (Å²) in [6.07, 6.45) is 8.98. The van der Waals surface area contributed by atoms with Crippen molar-refractivity contribution >= 4 is 21.5 Å². The molecule has 0 aromatic heterocycles. The minimum Gasteiger partial charge on any atom is -0.354 e. The highest BCUT2D eigenvalue weighted by atomic mass is 15.3. The largest absolute Gasteiger partial charge is 0.354 e. The summed E-state index contributed by atoms with van der Waals surface area (Å²) in [7, 11) is 0. The van der Waals surface area contributed by atoms with Gasteiger partial charge in [-0.3, -0.25) is 0 Å². The molecule has 0 spiro atoms. The number of benzene rings is 4. The lowest BCUT2D eigenvalue weighted by atomic mass is 9.91. The fourth-order valence-corrected chi connectivity index (χ4v) is 5.72. The zero-order valence-electron chi connectivity index (χ0n) is 19.3. The minimum absolute atomic E-state index is 0.907. The molecule has 0 saturated heterocycles. The molecule has 4 aromatic carbocycles. The molecule has 6 heterocycles.